The molecular formula is C26H29N3O4. The van der Waals surface area contributed by atoms with E-state index in [-0.39, 0.29) is 18.4 Å². The molecule has 3 aromatic carbocycles. The zero-order valence-electron chi connectivity index (χ0n) is 18.7. The lowest BCUT2D eigenvalue weighted by Gasteiger charge is -2.13. The predicted octanol–water partition coefficient (Wildman–Crippen LogP) is 4.08. The summed E-state index contributed by atoms with van der Waals surface area (Å²) in [5, 5.41) is 8.79. The van der Waals surface area contributed by atoms with Crippen molar-refractivity contribution in [3.8, 4) is 5.75 Å². The molecule has 3 rings (SSSR count). The number of amides is 2. The predicted molar refractivity (Wildman–Crippen MR) is 130 cm³/mol. The van der Waals surface area contributed by atoms with Crippen LogP contribution in [-0.4, -0.2) is 38.6 Å². The van der Waals surface area contributed by atoms with Gasteiger partial charge in [-0.05, 0) is 48.4 Å². The van der Waals surface area contributed by atoms with E-state index in [1.807, 2.05) is 48.5 Å². The van der Waals surface area contributed by atoms with Crippen molar-refractivity contribution in [1.29, 1.82) is 0 Å². The Labute approximate surface area is 194 Å². The minimum Gasteiger partial charge on any atom is -0.487 e. The molecule has 2 amide bonds. The molecule has 0 heterocycles. The Kier molecular flexibility index (Phi) is 9.29. The first kappa shape index (κ1) is 23.8. The lowest BCUT2D eigenvalue weighted by molar-refractivity contribution is -0.114. The summed E-state index contributed by atoms with van der Waals surface area (Å²) in [6, 6.07) is 24.2. The molecule has 0 aliphatic heterocycles. The Morgan fingerprint density at radius 1 is 0.879 bits per heavy atom. The summed E-state index contributed by atoms with van der Waals surface area (Å²) in [6.07, 6.45) is 0.761. The van der Waals surface area contributed by atoms with Gasteiger partial charge in [-0.3, -0.25) is 9.59 Å². The Bertz CT molecular complexity index is 1020. The van der Waals surface area contributed by atoms with Gasteiger partial charge in [-0.25, -0.2) is 0 Å². The average molecular weight is 448 g/mol. The van der Waals surface area contributed by atoms with Crippen molar-refractivity contribution in [1.82, 2.24) is 5.32 Å². The van der Waals surface area contributed by atoms with Gasteiger partial charge in [-0.1, -0.05) is 42.5 Å². The number of nitrogens with one attached hydrogen (secondary N) is 3. The number of carbonyl (C=O) groups is 2. The van der Waals surface area contributed by atoms with Crippen molar-refractivity contribution in [3.63, 3.8) is 0 Å². The third kappa shape index (κ3) is 7.97. The van der Waals surface area contributed by atoms with E-state index in [1.165, 1.54) is 0 Å². The van der Waals surface area contributed by atoms with Gasteiger partial charge in [0.15, 0.2) is 0 Å². The van der Waals surface area contributed by atoms with Crippen LogP contribution in [0.15, 0.2) is 78.9 Å². The minimum atomic E-state index is -0.203. The van der Waals surface area contributed by atoms with E-state index in [0.717, 1.165) is 17.7 Å². The van der Waals surface area contributed by atoms with Gasteiger partial charge in [0, 0.05) is 31.5 Å². The number of methoxy groups -OCH3 is 1. The monoisotopic (exact) mass is 447 g/mol. The largest absolute Gasteiger partial charge is 0.487 e. The van der Waals surface area contributed by atoms with Crippen LogP contribution in [0.4, 0.5) is 11.4 Å². The second kappa shape index (κ2) is 12.9. The number of carbonyl (C=O) groups excluding carboxylic acids is 2. The Balaban J connectivity index is 1.47. The quantitative estimate of drug-likeness (QED) is 0.364. The molecule has 0 aliphatic carbocycles. The zero-order valence-corrected chi connectivity index (χ0v) is 18.7. The molecule has 0 unspecified atom stereocenters. The van der Waals surface area contributed by atoms with Crippen molar-refractivity contribution in [2.75, 3.05) is 37.4 Å². The molecular weight excluding hydrogens is 418 g/mol. The maximum absolute atomic E-state index is 12.5. The summed E-state index contributed by atoms with van der Waals surface area (Å²) in [4.78, 5) is 24.6. The number of hydrogen-bond acceptors (Lipinski definition) is 5. The second-order valence-corrected chi connectivity index (χ2v) is 7.35. The third-order valence-corrected chi connectivity index (χ3v) is 4.81. The Hall–Kier alpha value is -3.84. The van der Waals surface area contributed by atoms with Crippen LogP contribution in [0.2, 0.25) is 0 Å². The first-order valence-electron chi connectivity index (χ1n) is 10.8. The number of anilines is 2. The fourth-order valence-electron chi connectivity index (χ4n) is 3.07. The van der Waals surface area contributed by atoms with E-state index in [0.29, 0.717) is 36.8 Å². The van der Waals surface area contributed by atoms with Crippen molar-refractivity contribution < 1.29 is 19.1 Å². The fourth-order valence-corrected chi connectivity index (χ4v) is 3.07. The maximum atomic E-state index is 12.5. The Morgan fingerprint density at radius 3 is 2.36 bits per heavy atom. The van der Waals surface area contributed by atoms with Crippen molar-refractivity contribution in [3.05, 3.63) is 90.0 Å². The van der Waals surface area contributed by atoms with Crippen LogP contribution in [0.25, 0.3) is 0 Å². The molecule has 0 aromatic heterocycles. The highest BCUT2D eigenvalue weighted by Gasteiger charge is 2.09. The molecule has 0 fully saturated rings. The number of para-hydroxylation sites is 2. The van der Waals surface area contributed by atoms with Gasteiger partial charge in [-0.2, -0.15) is 0 Å². The van der Waals surface area contributed by atoms with E-state index in [1.54, 1.807) is 37.4 Å². The molecule has 0 saturated heterocycles. The molecule has 0 atom stereocenters. The molecule has 3 N–H and O–H groups in total. The van der Waals surface area contributed by atoms with Crippen LogP contribution >= 0.6 is 0 Å². The summed E-state index contributed by atoms with van der Waals surface area (Å²) in [5.74, 6) is 0.267. The first-order chi connectivity index (χ1) is 16.2. The lowest BCUT2D eigenvalue weighted by Crippen LogP contribution is -2.25. The molecule has 0 radical (unpaired) electrons. The third-order valence-electron chi connectivity index (χ3n) is 4.81. The van der Waals surface area contributed by atoms with Crippen molar-refractivity contribution >= 4 is 23.2 Å². The van der Waals surface area contributed by atoms with Gasteiger partial charge in [0.1, 0.15) is 12.4 Å². The van der Waals surface area contributed by atoms with Crippen LogP contribution < -0.4 is 20.7 Å². The molecule has 0 aliphatic rings. The van der Waals surface area contributed by atoms with Gasteiger partial charge >= 0.3 is 0 Å². The van der Waals surface area contributed by atoms with Gasteiger partial charge in [-0.15, -0.1) is 0 Å². The molecule has 7 nitrogen and oxygen atoms in total. The molecule has 172 valence electrons. The van der Waals surface area contributed by atoms with Crippen LogP contribution in [0, 0.1) is 0 Å². The van der Waals surface area contributed by atoms with Gasteiger partial charge in [0.25, 0.3) is 5.91 Å². The molecule has 0 bridgehead atoms. The number of rotatable bonds is 12. The summed E-state index contributed by atoms with van der Waals surface area (Å²) in [5.41, 5.74) is 2.97. The smallest absolute Gasteiger partial charge is 0.251 e. The van der Waals surface area contributed by atoms with Gasteiger partial charge in [0.2, 0.25) is 5.91 Å². The lowest BCUT2D eigenvalue weighted by atomic mass is 10.2. The Morgan fingerprint density at radius 2 is 1.61 bits per heavy atom. The van der Waals surface area contributed by atoms with E-state index in [4.69, 9.17) is 9.47 Å². The summed E-state index contributed by atoms with van der Waals surface area (Å²) in [6.45, 7) is 1.66. The first-order valence-corrected chi connectivity index (χ1v) is 10.8. The van der Waals surface area contributed by atoms with Crippen molar-refractivity contribution in [2.45, 2.75) is 13.0 Å². The highest BCUT2D eigenvalue weighted by Crippen LogP contribution is 2.24. The van der Waals surface area contributed by atoms with E-state index < -0.39 is 0 Å². The number of benzene rings is 3. The normalized spacial score (nSPS) is 10.3. The van der Waals surface area contributed by atoms with E-state index in [2.05, 4.69) is 16.0 Å². The maximum Gasteiger partial charge on any atom is 0.251 e. The topological polar surface area (TPSA) is 88.7 Å². The highest BCUT2D eigenvalue weighted by atomic mass is 16.5. The summed E-state index contributed by atoms with van der Waals surface area (Å²) >= 11 is 0. The van der Waals surface area contributed by atoms with Crippen molar-refractivity contribution in [2.24, 2.45) is 0 Å². The molecule has 7 heteroatoms. The van der Waals surface area contributed by atoms with E-state index in [9.17, 15) is 9.59 Å². The van der Waals surface area contributed by atoms with Crippen LogP contribution in [0.1, 0.15) is 22.3 Å². The SMILES string of the molecule is COCCCNC(=O)c1ccc(NCC(=O)Nc2ccccc2OCc2ccccc2)cc1. The standard InChI is InChI=1S/C26H29N3O4/c1-32-17-7-16-27-26(31)21-12-14-22(15-13-21)28-18-25(30)29-23-10-5-6-11-24(23)33-19-20-8-3-2-4-9-20/h2-6,8-15,28H,7,16-19H2,1H3,(H,27,31)(H,29,30). The molecule has 33 heavy (non-hydrogen) atoms. The summed E-state index contributed by atoms with van der Waals surface area (Å²) in [7, 11) is 1.63. The highest BCUT2D eigenvalue weighted by molar-refractivity contribution is 5.96. The molecule has 0 spiro atoms. The zero-order chi connectivity index (χ0) is 23.3. The minimum absolute atomic E-state index is 0.0789. The second-order valence-electron chi connectivity index (χ2n) is 7.35. The van der Waals surface area contributed by atoms with Gasteiger partial charge < -0.3 is 25.4 Å². The summed E-state index contributed by atoms with van der Waals surface area (Å²) < 4.78 is 10.9. The van der Waals surface area contributed by atoms with Crippen LogP contribution in [-0.2, 0) is 16.1 Å². The van der Waals surface area contributed by atoms with Gasteiger partial charge in [0.05, 0.1) is 12.2 Å². The number of hydrogen-bond donors (Lipinski definition) is 3. The van der Waals surface area contributed by atoms with E-state index >= 15 is 0 Å². The average Bonchev–Trinajstić information content (AvgIpc) is 2.85. The van der Waals surface area contributed by atoms with Crippen LogP contribution in [0.3, 0.4) is 0 Å². The fraction of sp³-hybridized carbons (Fsp3) is 0.231. The number of ether oxygens (including phenoxy) is 2. The molecule has 3 aromatic rings. The molecule has 0 saturated carbocycles. The van der Waals surface area contributed by atoms with Crippen LogP contribution in [0.5, 0.6) is 5.75 Å².